The second-order valence-electron chi connectivity index (χ2n) is 6.61. The van der Waals surface area contributed by atoms with Crippen LogP contribution in [0.5, 0.6) is 0 Å². The van der Waals surface area contributed by atoms with Crippen LogP contribution in [0.4, 0.5) is 5.69 Å². The molecule has 4 fully saturated rings. The molecule has 5 rings (SSSR count). The van der Waals surface area contributed by atoms with Crippen LogP contribution < -0.4 is 5.32 Å². The lowest BCUT2D eigenvalue weighted by atomic mass is 9.54. The van der Waals surface area contributed by atoms with E-state index in [4.69, 9.17) is 0 Å². The van der Waals surface area contributed by atoms with Crippen molar-refractivity contribution in [3.8, 4) is 0 Å². The van der Waals surface area contributed by atoms with Crippen molar-refractivity contribution in [1.29, 1.82) is 0 Å². The van der Waals surface area contributed by atoms with E-state index in [0.717, 1.165) is 29.7 Å². The van der Waals surface area contributed by atoms with Crippen LogP contribution >= 0.6 is 22.6 Å². The summed E-state index contributed by atoms with van der Waals surface area (Å²) in [6, 6.07) is 9.61. The number of rotatable bonds is 2. The number of anilines is 1. The molecule has 0 unspecified atom stereocenters. The fraction of sp³-hybridized carbons (Fsp3) is 0.625. The van der Waals surface area contributed by atoms with Crippen molar-refractivity contribution in [1.82, 2.24) is 0 Å². The molecule has 4 aliphatic carbocycles. The number of halogens is 1. The van der Waals surface area contributed by atoms with Gasteiger partial charge in [0.15, 0.2) is 0 Å². The summed E-state index contributed by atoms with van der Waals surface area (Å²) in [6.45, 7) is 0. The van der Waals surface area contributed by atoms with E-state index in [1.165, 1.54) is 34.9 Å². The molecule has 0 spiro atoms. The van der Waals surface area contributed by atoms with Crippen LogP contribution in [0.3, 0.4) is 0 Å². The molecule has 0 radical (unpaired) electrons. The monoisotopic (exact) mass is 353 g/mol. The van der Waals surface area contributed by atoms with Crippen LogP contribution in [0.25, 0.3) is 0 Å². The summed E-state index contributed by atoms with van der Waals surface area (Å²) in [7, 11) is 0. The molecule has 1 aromatic carbocycles. The van der Waals surface area contributed by atoms with Gasteiger partial charge in [0, 0.05) is 15.3 Å². The average Bonchev–Trinajstić information content (AvgIpc) is 2.33. The molecule has 4 saturated carbocycles. The highest BCUT2D eigenvalue weighted by Crippen LogP contribution is 2.54. The van der Waals surface area contributed by atoms with Crippen LogP contribution in [0.2, 0.25) is 0 Å². The van der Waals surface area contributed by atoms with Crippen LogP contribution in [0.15, 0.2) is 24.3 Å². The average molecular weight is 353 g/mol. The molecule has 2 heteroatoms. The maximum atomic E-state index is 3.86. The van der Waals surface area contributed by atoms with Crippen LogP contribution in [-0.4, -0.2) is 6.04 Å². The summed E-state index contributed by atoms with van der Waals surface area (Å²) in [6.07, 6.45) is 7.52. The summed E-state index contributed by atoms with van der Waals surface area (Å²) < 4.78 is 1.33. The van der Waals surface area contributed by atoms with Crippen LogP contribution in [0.1, 0.15) is 32.1 Å². The Kier molecular flexibility index (Phi) is 2.82. The molecule has 4 aliphatic rings. The summed E-state index contributed by atoms with van der Waals surface area (Å²) in [5, 5.41) is 3.86. The second-order valence-corrected chi connectivity index (χ2v) is 7.86. The first-order chi connectivity index (χ1) is 8.78. The SMILES string of the molecule is Ic1cccc(NC2C3CC4CC(C3)CC2C4)c1. The van der Waals surface area contributed by atoms with Crippen molar-refractivity contribution >= 4 is 28.3 Å². The molecule has 1 aromatic rings. The zero-order chi connectivity index (χ0) is 12.1. The predicted molar refractivity (Wildman–Crippen MR) is 83.6 cm³/mol. The van der Waals surface area contributed by atoms with E-state index in [-0.39, 0.29) is 0 Å². The lowest BCUT2D eigenvalue weighted by Crippen LogP contribution is -2.51. The van der Waals surface area contributed by atoms with Gasteiger partial charge in [-0.1, -0.05) is 6.07 Å². The molecule has 0 aromatic heterocycles. The molecular formula is C16H20IN. The second kappa shape index (κ2) is 4.39. The van der Waals surface area contributed by atoms with E-state index >= 15 is 0 Å². The van der Waals surface area contributed by atoms with Crippen molar-refractivity contribution < 1.29 is 0 Å². The third-order valence-electron chi connectivity index (χ3n) is 5.38. The van der Waals surface area contributed by atoms with Gasteiger partial charge in [0.25, 0.3) is 0 Å². The minimum absolute atomic E-state index is 0.760. The maximum absolute atomic E-state index is 3.86. The normalized spacial score (nSPS) is 41.1. The fourth-order valence-corrected chi connectivity index (χ4v) is 5.47. The molecule has 0 heterocycles. The maximum Gasteiger partial charge on any atom is 0.0353 e. The van der Waals surface area contributed by atoms with Gasteiger partial charge in [-0.3, -0.25) is 0 Å². The van der Waals surface area contributed by atoms with Crippen LogP contribution in [0, 0.1) is 27.2 Å². The highest BCUT2D eigenvalue weighted by atomic mass is 127. The van der Waals surface area contributed by atoms with Gasteiger partial charge in [0.2, 0.25) is 0 Å². The molecule has 4 bridgehead atoms. The lowest BCUT2D eigenvalue weighted by Gasteiger charge is -2.54. The molecule has 0 amide bonds. The van der Waals surface area contributed by atoms with Crippen molar-refractivity contribution in [2.24, 2.45) is 23.7 Å². The van der Waals surface area contributed by atoms with Gasteiger partial charge in [0.1, 0.15) is 0 Å². The quantitative estimate of drug-likeness (QED) is 0.771. The molecule has 18 heavy (non-hydrogen) atoms. The third kappa shape index (κ3) is 1.97. The van der Waals surface area contributed by atoms with E-state index in [0.29, 0.717) is 0 Å². The Morgan fingerprint density at radius 3 is 2.22 bits per heavy atom. The Bertz CT molecular complexity index is 428. The first-order valence-electron chi connectivity index (χ1n) is 7.30. The molecule has 1 nitrogen and oxygen atoms in total. The largest absolute Gasteiger partial charge is 0.382 e. The molecule has 0 aliphatic heterocycles. The smallest absolute Gasteiger partial charge is 0.0353 e. The zero-order valence-corrected chi connectivity index (χ0v) is 12.8. The Balaban J connectivity index is 1.55. The number of nitrogens with one attached hydrogen (secondary N) is 1. The van der Waals surface area contributed by atoms with E-state index in [1.54, 1.807) is 6.42 Å². The molecule has 0 atom stereocenters. The number of hydrogen-bond acceptors (Lipinski definition) is 1. The summed E-state index contributed by atoms with van der Waals surface area (Å²) in [4.78, 5) is 0. The molecule has 96 valence electrons. The van der Waals surface area contributed by atoms with Gasteiger partial charge < -0.3 is 5.32 Å². The predicted octanol–water partition coefficient (Wildman–Crippen LogP) is 4.53. The minimum atomic E-state index is 0.760. The number of hydrogen-bond donors (Lipinski definition) is 1. The standard InChI is InChI=1S/C16H20IN/c17-14-2-1-3-15(9-14)18-16-12-5-10-4-11(7-12)8-13(16)6-10/h1-3,9-13,16,18H,4-8H2. The van der Waals surface area contributed by atoms with Crippen molar-refractivity contribution in [3.05, 3.63) is 27.8 Å². The van der Waals surface area contributed by atoms with Gasteiger partial charge in [-0.2, -0.15) is 0 Å². The Morgan fingerprint density at radius 2 is 1.61 bits per heavy atom. The molecule has 1 N–H and O–H groups in total. The summed E-state index contributed by atoms with van der Waals surface area (Å²) in [5.41, 5.74) is 1.33. The highest BCUT2D eigenvalue weighted by Gasteiger charge is 2.48. The zero-order valence-electron chi connectivity index (χ0n) is 10.6. The molecule has 0 saturated heterocycles. The van der Waals surface area contributed by atoms with E-state index in [1.807, 2.05) is 0 Å². The van der Waals surface area contributed by atoms with Gasteiger partial charge in [-0.15, -0.1) is 0 Å². The Hall–Kier alpha value is -0.250. The number of benzene rings is 1. The van der Waals surface area contributed by atoms with Crippen molar-refractivity contribution in [2.45, 2.75) is 38.1 Å². The van der Waals surface area contributed by atoms with Crippen LogP contribution in [-0.2, 0) is 0 Å². The lowest BCUT2D eigenvalue weighted by molar-refractivity contribution is 0.00754. The van der Waals surface area contributed by atoms with Crippen molar-refractivity contribution in [3.63, 3.8) is 0 Å². The van der Waals surface area contributed by atoms with Gasteiger partial charge in [0.05, 0.1) is 0 Å². The highest BCUT2D eigenvalue weighted by molar-refractivity contribution is 14.1. The van der Waals surface area contributed by atoms with E-state index in [9.17, 15) is 0 Å². The fourth-order valence-electron chi connectivity index (χ4n) is 4.93. The topological polar surface area (TPSA) is 12.0 Å². The van der Waals surface area contributed by atoms with E-state index < -0.39 is 0 Å². The van der Waals surface area contributed by atoms with Gasteiger partial charge in [-0.05, 0) is 96.6 Å². The van der Waals surface area contributed by atoms with Gasteiger partial charge in [-0.25, -0.2) is 0 Å². The van der Waals surface area contributed by atoms with E-state index in [2.05, 4.69) is 52.2 Å². The van der Waals surface area contributed by atoms with Crippen molar-refractivity contribution in [2.75, 3.05) is 5.32 Å². The first kappa shape index (κ1) is 11.6. The Labute approximate surface area is 123 Å². The van der Waals surface area contributed by atoms with Gasteiger partial charge >= 0.3 is 0 Å². The minimum Gasteiger partial charge on any atom is -0.382 e. The summed E-state index contributed by atoms with van der Waals surface area (Å²) in [5.74, 6) is 4.06. The first-order valence-corrected chi connectivity index (χ1v) is 8.38. The Morgan fingerprint density at radius 1 is 0.944 bits per heavy atom. The third-order valence-corrected chi connectivity index (χ3v) is 6.06. The molecular weight excluding hydrogens is 333 g/mol. The summed E-state index contributed by atoms with van der Waals surface area (Å²) >= 11 is 2.40.